The van der Waals surface area contributed by atoms with Gasteiger partial charge in [-0.15, -0.1) is 0 Å². The summed E-state index contributed by atoms with van der Waals surface area (Å²) in [6, 6.07) is 12.7. The summed E-state index contributed by atoms with van der Waals surface area (Å²) < 4.78 is 34.3. The number of hydrogen-bond donors (Lipinski definition) is 0. The summed E-state index contributed by atoms with van der Waals surface area (Å²) in [4.78, 5) is 0. The number of rotatable bonds is 1. The van der Waals surface area contributed by atoms with Crippen LogP contribution >= 0.6 is 22.6 Å². The Kier molecular flexibility index (Phi) is 3.44. The molecule has 20 heavy (non-hydrogen) atoms. The number of aryl methyl sites for hydroxylation is 1. The van der Waals surface area contributed by atoms with Gasteiger partial charge in [0, 0.05) is 3.57 Å². The van der Waals surface area contributed by atoms with Crippen molar-refractivity contribution >= 4 is 22.6 Å². The Labute approximate surface area is 130 Å². The fourth-order valence-corrected chi connectivity index (χ4v) is 2.92. The summed E-state index contributed by atoms with van der Waals surface area (Å²) in [5, 5.41) is 0. The van der Waals surface area contributed by atoms with Crippen LogP contribution in [0.4, 0.5) is 8.78 Å². The first-order chi connectivity index (χ1) is 9.45. The maximum absolute atomic E-state index is 14.2. The highest BCUT2D eigenvalue weighted by molar-refractivity contribution is 14.1. The number of fused-ring (bicyclic) bond motifs is 1. The van der Waals surface area contributed by atoms with Gasteiger partial charge in [-0.1, -0.05) is 35.9 Å². The normalized spacial score (nSPS) is 20.1. The monoisotopic (exact) mass is 386 g/mol. The Morgan fingerprint density at radius 1 is 1.15 bits per heavy atom. The molecule has 0 aliphatic carbocycles. The van der Waals surface area contributed by atoms with Crippen molar-refractivity contribution in [2.45, 2.75) is 25.4 Å². The largest absolute Gasteiger partial charge is 0.432 e. The minimum Gasteiger partial charge on any atom is -0.432 e. The number of ether oxygens (including phenoxy) is 1. The van der Waals surface area contributed by atoms with E-state index in [0.717, 1.165) is 14.7 Å². The van der Waals surface area contributed by atoms with Gasteiger partial charge in [0.05, 0.1) is 5.92 Å². The molecule has 0 saturated heterocycles. The summed E-state index contributed by atoms with van der Waals surface area (Å²) in [6.45, 7) is 1.94. The van der Waals surface area contributed by atoms with Gasteiger partial charge in [-0.2, -0.15) is 8.78 Å². The zero-order valence-electron chi connectivity index (χ0n) is 10.9. The van der Waals surface area contributed by atoms with Crippen molar-refractivity contribution in [3.05, 3.63) is 62.7 Å². The van der Waals surface area contributed by atoms with Crippen LogP contribution in [-0.2, 0) is 6.42 Å². The van der Waals surface area contributed by atoms with Gasteiger partial charge < -0.3 is 4.74 Å². The van der Waals surface area contributed by atoms with Gasteiger partial charge in [0.2, 0.25) is 0 Å². The molecule has 0 spiro atoms. The molecule has 1 nitrogen and oxygen atoms in total. The predicted octanol–water partition coefficient (Wildman–Crippen LogP) is 4.91. The van der Waals surface area contributed by atoms with Gasteiger partial charge in [0.1, 0.15) is 5.75 Å². The highest BCUT2D eigenvalue weighted by atomic mass is 127. The van der Waals surface area contributed by atoms with Crippen LogP contribution in [-0.4, -0.2) is 6.11 Å². The zero-order valence-corrected chi connectivity index (χ0v) is 13.0. The minimum atomic E-state index is -3.17. The van der Waals surface area contributed by atoms with E-state index in [0.29, 0.717) is 17.7 Å². The number of hydrogen-bond acceptors (Lipinski definition) is 1. The Hall–Kier alpha value is -1.17. The molecule has 104 valence electrons. The standard InChI is InChI=1S/C16H13F2IO/c1-10-2-4-11(5-3-10)14-8-12-6-7-13(19)9-15(12)20-16(14,17)18/h2-7,9,14H,8H2,1H3. The summed E-state index contributed by atoms with van der Waals surface area (Å²) in [7, 11) is 0. The molecule has 2 aromatic rings. The lowest BCUT2D eigenvalue weighted by Gasteiger charge is -2.33. The van der Waals surface area contributed by atoms with Crippen LogP contribution in [0.5, 0.6) is 5.75 Å². The molecule has 3 rings (SSSR count). The quantitative estimate of drug-likeness (QED) is 0.633. The molecule has 1 heterocycles. The average molecular weight is 386 g/mol. The van der Waals surface area contributed by atoms with Crippen LogP contribution < -0.4 is 4.74 Å². The fourth-order valence-electron chi connectivity index (χ4n) is 2.46. The van der Waals surface area contributed by atoms with Crippen molar-refractivity contribution in [2.24, 2.45) is 0 Å². The molecule has 0 radical (unpaired) electrons. The molecule has 0 aromatic heterocycles. The summed E-state index contributed by atoms with van der Waals surface area (Å²) >= 11 is 2.09. The van der Waals surface area contributed by atoms with Crippen LogP contribution in [0.3, 0.4) is 0 Å². The van der Waals surface area contributed by atoms with Gasteiger partial charge in [0.15, 0.2) is 0 Å². The van der Waals surface area contributed by atoms with E-state index in [2.05, 4.69) is 22.6 Å². The van der Waals surface area contributed by atoms with E-state index in [9.17, 15) is 8.78 Å². The third-order valence-electron chi connectivity index (χ3n) is 3.58. The molecular weight excluding hydrogens is 373 g/mol. The second-order valence-corrected chi connectivity index (χ2v) is 6.33. The van der Waals surface area contributed by atoms with E-state index in [-0.39, 0.29) is 0 Å². The maximum atomic E-state index is 14.2. The zero-order chi connectivity index (χ0) is 14.3. The molecule has 0 amide bonds. The van der Waals surface area contributed by atoms with Gasteiger partial charge in [-0.3, -0.25) is 0 Å². The van der Waals surface area contributed by atoms with Gasteiger partial charge >= 0.3 is 6.11 Å². The summed E-state index contributed by atoms with van der Waals surface area (Å²) in [5.74, 6) is -0.638. The lowest BCUT2D eigenvalue weighted by atomic mass is 9.88. The van der Waals surface area contributed by atoms with E-state index >= 15 is 0 Å². The molecule has 4 heteroatoms. The summed E-state index contributed by atoms with van der Waals surface area (Å²) in [5.41, 5.74) is 2.51. The van der Waals surface area contributed by atoms with E-state index in [1.54, 1.807) is 18.2 Å². The first-order valence-electron chi connectivity index (χ1n) is 6.37. The highest BCUT2D eigenvalue weighted by Crippen LogP contribution is 2.44. The fraction of sp³-hybridized carbons (Fsp3) is 0.250. The van der Waals surface area contributed by atoms with Crippen LogP contribution in [0.15, 0.2) is 42.5 Å². The molecule has 0 fully saturated rings. The van der Waals surface area contributed by atoms with E-state index in [1.165, 1.54) is 0 Å². The number of benzene rings is 2. The van der Waals surface area contributed by atoms with Crippen LogP contribution in [0, 0.1) is 10.5 Å². The third-order valence-corrected chi connectivity index (χ3v) is 4.26. The Morgan fingerprint density at radius 3 is 2.55 bits per heavy atom. The van der Waals surface area contributed by atoms with E-state index in [4.69, 9.17) is 4.74 Å². The Morgan fingerprint density at radius 2 is 1.85 bits per heavy atom. The third kappa shape index (κ3) is 2.53. The lowest BCUT2D eigenvalue weighted by molar-refractivity contribution is -0.201. The van der Waals surface area contributed by atoms with Crippen molar-refractivity contribution in [1.29, 1.82) is 0 Å². The van der Waals surface area contributed by atoms with Gasteiger partial charge in [0.25, 0.3) is 0 Å². The topological polar surface area (TPSA) is 9.23 Å². The van der Waals surface area contributed by atoms with Crippen molar-refractivity contribution < 1.29 is 13.5 Å². The van der Waals surface area contributed by atoms with Crippen LogP contribution in [0.1, 0.15) is 22.6 Å². The molecular formula is C16H13F2IO. The molecule has 0 bridgehead atoms. The second-order valence-electron chi connectivity index (χ2n) is 5.08. The van der Waals surface area contributed by atoms with E-state index < -0.39 is 12.0 Å². The molecule has 1 aliphatic heterocycles. The van der Waals surface area contributed by atoms with Gasteiger partial charge in [-0.25, -0.2) is 0 Å². The first-order valence-corrected chi connectivity index (χ1v) is 7.45. The lowest BCUT2D eigenvalue weighted by Crippen LogP contribution is -2.38. The number of halogens is 3. The first kappa shape index (κ1) is 13.8. The molecule has 1 aliphatic rings. The predicted molar refractivity (Wildman–Crippen MR) is 82.4 cm³/mol. The average Bonchev–Trinajstić information content (AvgIpc) is 2.38. The van der Waals surface area contributed by atoms with Crippen molar-refractivity contribution in [3.8, 4) is 5.75 Å². The Balaban J connectivity index is 2.00. The maximum Gasteiger partial charge on any atom is 0.405 e. The molecule has 1 unspecified atom stereocenters. The van der Waals surface area contributed by atoms with Crippen molar-refractivity contribution in [2.75, 3.05) is 0 Å². The van der Waals surface area contributed by atoms with Gasteiger partial charge in [-0.05, 0) is 59.2 Å². The smallest absolute Gasteiger partial charge is 0.405 e. The molecule has 0 N–H and O–H groups in total. The van der Waals surface area contributed by atoms with Crippen molar-refractivity contribution in [1.82, 2.24) is 0 Å². The number of alkyl halides is 2. The van der Waals surface area contributed by atoms with Crippen molar-refractivity contribution in [3.63, 3.8) is 0 Å². The molecule has 2 aromatic carbocycles. The SMILES string of the molecule is Cc1ccc(C2Cc3ccc(I)cc3OC2(F)F)cc1. The van der Waals surface area contributed by atoms with E-state index in [1.807, 2.05) is 31.2 Å². The Bertz CT molecular complexity index is 637. The van der Waals surface area contributed by atoms with Crippen LogP contribution in [0.2, 0.25) is 0 Å². The second kappa shape index (κ2) is 4.98. The van der Waals surface area contributed by atoms with Crippen LogP contribution in [0.25, 0.3) is 0 Å². The minimum absolute atomic E-state index is 0.294. The molecule has 1 atom stereocenters. The highest BCUT2D eigenvalue weighted by Gasteiger charge is 2.47. The molecule has 0 saturated carbocycles. The summed E-state index contributed by atoms with van der Waals surface area (Å²) in [6.07, 6.45) is -2.88.